The fourth-order valence-corrected chi connectivity index (χ4v) is 3.76. The molecule has 3 aromatic carbocycles. The van der Waals surface area contributed by atoms with Gasteiger partial charge in [0, 0.05) is 18.0 Å². The van der Waals surface area contributed by atoms with Gasteiger partial charge in [-0.15, -0.1) is 0 Å². The van der Waals surface area contributed by atoms with Gasteiger partial charge in [0.15, 0.2) is 0 Å². The first-order chi connectivity index (χ1) is 16.2. The molecule has 0 aliphatic carbocycles. The lowest BCUT2D eigenvalue weighted by molar-refractivity contribution is -0.138. The molecule has 0 saturated carbocycles. The molecular weight excluding hydrogens is 445 g/mol. The summed E-state index contributed by atoms with van der Waals surface area (Å²) in [5, 5.41) is 14.3. The number of rotatable bonds is 8. The van der Waals surface area contributed by atoms with E-state index in [-0.39, 0.29) is 6.42 Å². The summed E-state index contributed by atoms with van der Waals surface area (Å²) < 4.78 is 45.9. The number of aromatic nitrogens is 2. The molecule has 34 heavy (non-hydrogen) atoms. The van der Waals surface area contributed by atoms with Crippen LogP contribution >= 0.6 is 0 Å². The number of fused-ring (bicyclic) bond motifs is 1. The van der Waals surface area contributed by atoms with Gasteiger partial charge in [-0.05, 0) is 72.0 Å². The maximum Gasteiger partial charge on any atom is 0.416 e. The van der Waals surface area contributed by atoms with Gasteiger partial charge in [0.1, 0.15) is 12.4 Å². The molecule has 0 aliphatic heterocycles. The van der Waals surface area contributed by atoms with Crippen LogP contribution in [0.2, 0.25) is 0 Å². The summed E-state index contributed by atoms with van der Waals surface area (Å²) in [4.78, 5) is 10.9. The Kier molecular flexibility index (Phi) is 6.58. The number of halogens is 3. The van der Waals surface area contributed by atoms with E-state index in [0.29, 0.717) is 30.0 Å². The number of hydrogen-bond donors (Lipinski definition) is 1. The summed E-state index contributed by atoms with van der Waals surface area (Å²) in [7, 11) is 0. The van der Waals surface area contributed by atoms with Gasteiger partial charge in [0.2, 0.25) is 0 Å². The molecule has 1 heterocycles. The fraction of sp³-hybridized carbons (Fsp3) is 0.231. The molecule has 4 rings (SSSR count). The van der Waals surface area contributed by atoms with Crippen LogP contribution in [0.1, 0.15) is 35.6 Å². The highest BCUT2D eigenvalue weighted by atomic mass is 19.4. The molecule has 8 heteroatoms. The van der Waals surface area contributed by atoms with Crippen LogP contribution in [0.4, 0.5) is 13.2 Å². The van der Waals surface area contributed by atoms with Crippen LogP contribution < -0.4 is 4.74 Å². The third-order valence-corrected chi connectivity index (χ3v) is 5.60. The van der Waals surface area contributed by atoms with Crippen LogP contribution in [0.25, 0.3) is 16.6 Å². The van der Waals surface area contributed by atoms with Crippen LogP contribution in [0.15, 0.2) is 66.9 Å². The highest BCUT2D eigenvalue weighted by Crippen LogP contribution is 2.30. The first-order valence-electron chi connectivity index (χ1n) is 10.9. The zero-order valence-electron chi connectivity index (χ0n) is 18.5. The molecule has 0 spiro atoms. The summed E-state index contributed by atoms with van der Waals surface area (Å²) in [6, 6.07) is 16.3. The third kappa shape index (κ3) is 5.39. The quantitative estimate of drug-likeness (QED) is 0.334. The van der Waals surface area contributed by atoms with Gasteiger partial charge >= 0.3 is 12.1 Å². The molecule has 0 atom stereocenters. The lowest BCUT2D eigenvalue weighted by Gasteiger charge is -2.11. The first kappa shape index (κ1) is 23.4. The minimum atomic E-state index is -4.38. The van der Waals surface area contributed by atoms with E-state index in [1.54, 1.807) is 10.9 Å². The maximum absolute atomic E-state index is 12.8. The summed E-state index contributed by atoms with van der Waals surface area (Å²) in [5.74, 6) is -0.121. The Bertz CT molecular complexity index is 1310. The number of benzene rings is 3. The predicted octanol–water partition coefficient (Wildman–Crippen LogP) is 6.20. The van der Waals surface area contributed by atoms with Crippen molar-refractivity contribution in [2.75, 3.05) is 0 Å². The highest BCUT2D eigenvalue weighted by molar-refractivity contribution is 5.79. The van der Waals surface area contributed by atoms with Crippen molar-refractivity contribution in [2.45, 2.75) is 39.0 Å². The summed E-state index contributed by atoms with van der Waals surface area (Å²) in [6.07, 6.45) is -1.26. The van der Waals surface area contributed by atoms with Crippen molar-refractivity contribution in [3.63, 3.8) is 0 Å². The van der Waals surface area contributed by atoms with Gasteiger partial charge in [0.25, 0.3) is 0 Å². The number of carbonyl (C=O) groups is 1. The smallest absolute Gasteiger partial charge is 0.416 e. The molecule has 0 saturated heterocycles. The molecule has 5 nitrogen and oxygen atoms in total. The number of alkyl halides is 3. The Balaban J connectivity index is 1.47. The summed E-state index contributed by atoms with van der Waals surface area (Å²) >= 11 is 0. The zero-order valence-corrected chi connectivity index (χ0v) is 18.5. The molecule has 0 unspecified atom stereocenters. The first-order valence-corrected chi connectivity index (χ1v) is 10.9. The molecule has 0 bridgehead atoms. The Labute approximate surface area is 194 Å². The van der Waals surface area contributed by atoms with Gasteiger partial charge in [-0.25, -0.2) is 4.68 Å². The number of aryl methyl sites for hydroxylation is 2. The summed E-state index contributed by atoms with van der Waals surface area (Å²) in [5.41, 5.74) is 3.51. The molecule has 0 amide bonds. The van der Waals surface area contributed by atoms with E-state index < -0.39 is 17.7 Å². The van der Waals surface area contributed by atoms with Crippen LogP contribution in [0.5, 0.6) is 5.75 Å². The molecule has 1 aromatic heterocycles. The van der Waals surface area contributed by atoms with Gasteiger partial charge in [0.05, 0.1) is 16.8 Å². The molecule has 0 aliphatic rings. The number of carboxylic acid groups (broad SMARTS) is 1. The highest BCUT2D eigenvalue weighted by Gasteiger charge is 2.30. The van der Waals surface area contributed by atoms with Gasteiger partial charge in [-0.3, -0.25) is 4.79 Å². The lowest BCUT2D eigenvalue weighted by atomic mass is 10.0. The van der Waals surface area contributed by atoms with E-state index in [1.807, 2.05) is 43.3 Å². The number of carboxylic acids is 1. The minimum Gasteiger partial charge on any atom is -0.489 e. The Morgan fingerprint density at radius 3 is 2.47 bits per heavy atom. The van der Waals surface area contributed by atoms with Crippen LogP contribution in [0, 0.1) is 0 Å². The van der Waals surface area contributed by atoms with Crippen molar-refractivity contribution in [1.29, 1.82) is 0 Å². The van der Waals surface area contributed by atoms with E-state index in [4.69, 9.17) is 9.84 Å². The SMILES string of the molecule is CCc1cc(OCc2ccc3cn(-c4ccc(C(F)(F)F)cc4)nc3c2)ccc1CCC(=O)O. The topological polar surface area (TPSA) is 64.4 Å². The Morgan fingerprint density at radius 2 is 1.79 bits per heavy atom. The third-order valence-electron chi connectivity index (χ3n) is 5.60. The van der Waals surface area contributed by atoms with E-state index in [2.05, 4.69) is 5.10 Å². The average Bonchev–Trinajstić information content (AvgIpc) is 3.24. The van der Waals surface area contributed by atoms with Crippen molar-refractivity contribution < 1.29 is 27.8 Å². The Morgan fingerprint density at radius 1 is 1.03 bits per heavy atom. The van der Waals surface area contributed by atoms with Crippen molar-refractivity contribution in [3.8, 4) is 11.4 Å². The van der Waals surface area contributed by atoms with Crippen molar-refractivity contribution >= 4 is 16.9 Å². The van der Waals surface area contributed by atoms with E-state index in [9.17, 15) is 18.0 Å². The second kappa shape index (κ2) is 9.59. The lowest BCUT2D eigenvalue weighted by Crippen LogP contribution is -2.05. The van der Waals surface area contributed by atoms with Crippen molar-refractivity contribution in [2.24, 2.45) is 0 Å². The largest absolute Gasteiger partial charge is 0.489 e. The number of hydrogen-bond acceptors (Lipinski definition) is 3. The van der Waals surface area contributed by atoms with Gasteiger partial charge in [-0.2, -0.15) is 18.3 Å². The standard InChI is InChI=1S/C26H23F3N2O3/c1-2-18-14-23(11-5-19(18)6-12-25(32)33)34-16-17-3-4-20-15-31(30-24(20)13-17)22-9-7-21(8-10-22)26(27,28)29/h3-5,7-11,13-15H,2,6,12,16H2,1H3,(H,32,33). The predicted molar refractivity (Wildman–Crippen MR) is 122 cm³/mol. The number of ether oxygens (including phenoxy) is 1. The van der Waals surface area contributed by atoms with Crippen molar-refractivity contribution in [1.82, 2.24) is 9.78 Å². The molecule has 4 aromatic rings. The zero-order chi connectivity index (χ0) is 24.3. The number of nitrogens with zero attached hydrogens (tertiary/aromatic N) is 2. The number of aliphatic carboxylic acids is 1. The van der Waals surface area contributed by atoms with Gasteiger partial charge in [-0.1, -0.05) is 25.1 Å². The van der Waals surface area contributed by atoms with Crippen LogP contribution in [-0.2, 0) is 30.4 Å². The summed E-state index contributed by atoms with van der Waals surface area (Å²) in [6.45, 7) is 2.34. The fourth-order valence-electron chi connectivity index (χ4n) is 3.76. The van der Waals surface area contributed by atoms with Crippen LogP contribution in [-0.4, -0.2) is 20.9 Å². The normalized spacial score (nSPS) is 11.6. The molecule has 0 radical (unpaired) electrons. The molecule has 0 fully saturated rings. The van der Waals surface area contributed by atoms with E-state index in [0.717, 1.165) is 40.6 Å². The van der Waals surface area contributed by atoms with Gasteiger partial charge < -0.3 is 9.84 Å². The second-order valence-corrected chi connectivity index (χ2v) is 7.98. The molecular formula is C26H23F3N2O3. The van der Waals surface area contributed by atoms with E-state index in [1.165, 1.54) is 12.1 Å². The molecule has 1 N–H and O–H groups in total. The monoisotopic (exact) mass is 468 g/mol. The van der Waals surface area contributed by atoms with Crippen LogP contribution in [0.3, 0.4) is 0 Å². The average molecular weight is 468 g/mol. The van der Waals surface area contributed by atoms with E-state index >= 15 is 0 Å². The van der Waals surface area contributed by atoms with Crippen molar-refractivity contribution in [3.05, 3.63) is 89.1 Å². The maximum atomic E-state index is 12.8. The second-order valence-electron chi connectivity index (χ2n) is 7.98. The Hall–Kier alpha value is -3.81. The minimum absolute atomic E-state index is 0.0896. The molecule has 176 valence electrons.